The van der Waals surface area contributed by atoms with Crippen molar-refractivity contribution in [3.8, 4) is 5.75 Å². The van der Waals surface area contributed by atoms with Crippen molar-refractivity contribution in [1.82, 2.24) is 20.2 Å². The van der Waals surface area contributed by atoms with E-state index >= 15 is 0 Å². The van der Waals surface area contributed by atoms with Crippen LogP contribution in [0.2, 0.25) is 5.28 Å². The minimum Gasteiger partial charge on any atom is -0.493 e. The van der Waals surface area contributed by atoms with Crippen molar-refractivity contribution in [2.45, 2.75) is 51.7 Å². The smallest absolute Gasteiger partial charge is 0.408 e. The predicted molar refractivity (Wildman–Crippen MR) is 135 cm³/mol. The van der Waals surface area contributed by atoms with E-state index in [0.717, 1.165) is 17.7 Å². The molecule has 10 nitrogen and oxygen atoms in total. The summed E-state index contributed by atoms with van der Waals surface area (Å²) in [5.41, 5.74) is 0.758. The van der Waals surface area contributed by atoms with E-state index in [1.165, 1.54) is 16.0 Å². The van der Waals surface area contributed by atoms with E-state index in [4.69, 9.17) is 21.1 Å². The molecule has 3 rings (SSSR count). The topological polar surface area (TPSA) is 114 Å². The number of halogens is 1. The highest BCUT2D eigenvalue weighted by Gasteiger charge is 2.27. The highest BCUT2D eigenvalue weighted by molar-refractivity contribution is 6.28. The number of rotatable bonds is 8. The molecule has 0 saturated carbocycles. The number of benzene rings is 1. The quantitative estimate of drug-likeness (QED) is 0.533. The molecule has 3 amide bonds. The van der Waals surface area contributed by atoms with Crippen LogP contribution in [0.1, 0.15) is 49.5 Å². The maximum atomic E-state index is 13.5. The Morgan fingerprint density at radius 2 is 1.97 bits per heavy atom. The number of alkyl carbamates (subject to hydrolysis) is 1. The summed E-state index contributed by atoms with van der Waals surface area (Å²) in [5, 5.41) is 2.66. The molecule has 194 valence electrons. The van der Waals surface area contributed by atoms with Crippen LogP contribution in [-0.2, 0) is 16.0 Å². The van der Waals surface area contributed by atoms with Gasteiger partial charge in [0.15, 0.2) is 0 Å². The molecule has 36 heavy (non-hydrogen) atoms. The van der Waals surface area contributed by atoms with Gasteiger partial charge in [0.05, 0.1) is 6.61 Å². The lowest BCUT2D eigenvalue weighted by Crippen LogP contribution is -2.48. The Morgan fingerprint density at radius 3 is 2.64 bits per heavy atom. The molecule has 1 N–H and O–H groups in total. The summed E-state index contributed by atoms with van der Waals surface area (Å²) >= 11 is 6.00. The summed E-state index contributed by atoms with van der Waals surface area (Å²) in [5.74, 6) is 0.575. The summed E-state index contributed by atoms with van der Waals surface area (Å²) in [7, 11) is 3.23. The van der Waals surface area contributed by atoms with Crippen molar-refractivity contribution in [3.63, 3.8) is 0 Å². The molecule has 0 radical (unpaired) electrons. The maximum Gasteiger partial charge on any atom is 0.408 e. The Balaban J connectivity index is 1.77. The van der Waals surface area contributed by atoms with Crippen LogP contribution in [0.15, 0.2) is 30.5 Å². The molecule has 1 aromatic carbocycles. The molecule has 11 heteroatoms. The molecule has 2 aromatic rings. The lowest BCUT2D eigenvalue weighted by Gasteiger charge is -2.26. The molecule has 0 bridgehead atoms. The second-order valence-electron chi connectivity index (χ2n) is 9.64. The van der Waals surface area contributed by atoms with Crippen molar-refractivity contribution in [1.29, 1.82) is 0 Å². The van der Waals surface area contributed by atoms with Gasteiger partial charge >= 0.3 is 6.09 Å². The summed E-state index contributed by atoms with van der Waals surface area (Å²) < 4.78 is 10.9. The molecule has 0 saturated heterocycles. The van der Waals surface area contributed by atoms with E-state index in [1.807, 2.05) is 6.07 Å². The third-order valence-corrected chi connectivity index (χ3v) is 5.56. The fraction of sp³-hybridized carbons (Fsp3) is 0.480. The van der Waals surface area contributed by atoms with E-state index < -0.39 is 17.7 Å². The Labute approximate surface area is 215 Å². The number of nitrogens with one attached hydrogen (secondary N) is 1. The number of carbonyl (C=O) groups excluding carboxylic acids is 3. The van der Waals surface area contributed by atoms with Gasteiger partial charge in [0.2, 0.25) is 11.2 Å². The lowest BCUT2D eigenvalue weighted by atomic mass is 10.1. The van der Waals surface area contributed by atoms with Crippen molar-refractivity contribution >= 4 is 35.3 Å². The lowest BCUT2D eigenvalue weighted by molar-refractivity contribution is -0.131. The van der Waals surface area contributed by atoms with Crippen molar-refractivity contribution < 1.29 is 23.9 Å². The molecular weight excluding hydrogens is 486 g/mol. The second-order valence-corrected chi connectivity index (χ2v) is 9.97. The number of hydrogen-bond acceptors (Lipinski definition) is 7. The van der Waals surface area contributed by atoms with Crippen LogP contribution in [0.4, 0.5) is 10.6 Å². The highest BCUT2D eigenvalue weighted by Crippen LogP contribution is 2.27. The van der Waals surface area contributed by atoms with Gasteiger partial charge in [0.1, 0.15) is 23.2 Å². The molecule has 2 heterocycles. The summed E-state index contributed by atoms with van der Waals surface area (Å²) in [4.78, 5) is 49.6. The van der Waals surface area contributed by atoms with Crippen LogP contribution in [-0.4, -0.2) is 71.7 Å². The number of carbonyl (C=O) groups is 3. The summed E-state index contributed by atoms with van der Waals surface area (Å²) in [6.45, 7) is 6.06. The molecular formula is C25H32ClN5O5. The monoisotopic (exact) mass is 517 g/mol. The van der Waals surface area contributed by atoms with Crippen LogP contribution in [0, 0.1) is 0 Å². The summed E-state index contributed by atoms with van der Waals surface area (Å²) in [6, 6.07) is 6.10. The third kappa shape index (κ3) is 7.30. The Kier molecular flexibility index (Phi) is 8.73. The number of anilines is 1. The highest BCUT2D eigenvalue weighted by atomic mass is 35.5. The largest absolute Gasteiger partial charge is 0.493 e. The molecule has 1 atom stereocenters. The first-order valence-corrected chi connectivity index (χ1v) is 12.1. The number of hydrogen-bond donors (Lipinski definition) is 1. The fourth-order valence-electron chi connectivity index (χ4n) is 3.74. The molecule has 1 aromatic heterocycles. The SMILES string of the molecule is CN(C)C(=O)C(CCCN(C(=O)c1ccc2c(c1)CCO2)c1ccnc(Cl)n1)NC(=O)OC(C)(C)C. The zero-order chi connectivity index (χ0) is 26.5. The first-order valence-electron chi connectivity index (χ1n) is 11.7. The molecule has 0 aliphatic carbocycles. The number of amides is 3. The Morgan fingerprint density at radius 1 is 1.22 bits per heavy atom. The first-order chi connectivity index (χ1) is 16.9. The van der Waals surface area contributed by atoms with E-state index in [1.54, 1.807) is 53.1 Å². The molecule has 0 spiro atoms. The Hall–Kier alpha value is -3.40. The van der Waals surface area contributed by atoms with Crippen LogP contribution in [0.5, 0.6) is 5.75 Å². The third-order valence-electron chi connectivity index (χ3n) is 5.37. The van der Waals surface area contributed by atoms with Gasteiger partial charge in [0, 0.05) is 38.8 Å². The minimum atomic E-state index is -0.821. The van der Waals surface area contributed by atoms with E-state index in [9.17, 15) is 14.4 Å². The average Bonchev–Trinajstić information content (AvgIpc) is 3.27. The fourth-order valence-corrected chi connectivity index (χ4v) is 3.89. The Bertz CT molecular complexity index is 1120. The number of ether oxygens (including phenoxy) is 2. The van der Waals surface area contributed by atoms with Crippen molar-refractivity contribution in [2.24, 2.45) is 0 Å². The molecule has 1 aliphatic heterocycles. The van der Waals surface area contributed by atoms with Gasteiger partial charge in [-0.05, 0) is 75.0 Å². The molecule has 0 fully saturated rings. The van der Waals surface area contributed by atoms with Crippen LogP contribution in [0.25, 0.3) is 0 Å². The molecule has 1 aliphatic rings. The normalized spacial score (nSPS) is 13.3. The van der Waals surface area contributed by atoms with Crippen LogP contribution >= 0.6 is 11.6 Å². The maximum absolute atomic E-state index is 13.5. The van der Waals surface area contributed by atoms with Gasteiger partial charge in [-0.1, -0.05) is 0 Å². The number of fused-ring (bicyclic) bond motifs is 1. The number of likely N-dealkylation sites (N-methyl/N-ethyl adjacent to an activating group) is 1. The van der Waals surface area contributed by atoms with E-state index in [2.05, 4.69) is 15.3 Å². The van der Waals surface area contributed by atoms with Gasteiger partial charge in [-0.3, -0.25) is 14.5 Å². The van der Waals surface area contributed by atoms with E-state index in [0.29, 0.717) is 24.4 Å². The number of nitrogens with zero attached hydrogens (tertiary/aromatic N) is 4. The predicted octanol–water partition coefficient (Wildman–Crippen LogP) is 3.47. The zero-order valence-corrected chi connectivity index (χ0v) is 22.0. The van der Waals surface area contributed by atoms with Gasteiger partial charge < -0.3 is 19.7 Å². The average molecular weight is 518 g/mol. The van der Waals surface area contributed by atoms with Gasteiger partial charge in [-0.15, -0.1) is 0 Å². The minimum absolute atomic E-state index is 0.0138. The summed E-state index contributed by atoms with van der Waals surface area (Å²) in [6.07, 6.45) is 2.20. The first kappa shape index (κ1) is 27.2. The van der Waals surface area contributed by atoms with Crippen molar-refractivity contribution in [2.75, 3.05) is 32.1 Å². The van der Waals surface area contributed by atoms with Crippen LogP contribution in [0.3, 0.4) is 0 Å². The second kappa shape index (κ2) is 11.6. The number of aromatic nitrogens is 2. The zero-order valence-electron chi connectivity index (χ0n) is 21.2. The van der Waals surface area contributed by atoms with E-state index in [-0.39, 0.29) is 30.1 Å². The van der Waals surface area contributed by atoms with Crippen molar-refractivity contribution in [3.05, 3.63) is 46.9 Å². The van der Waals surface area contributed by atoms with Gasteiger partial charge in [0.25, 0.3) is 5.91 Å². The van der Waals surface area contributed by atoms with Gasteiger partial charge in [-0.2, -0.15) is 0 Å². The van der Waals surface area contributed by atoms with Gasteiger partial charge in [-0.25, -0.2) is 14.8 Å². The molecule has 1 unspecified atom stereocenters. The standard InChI is InChI=1S/C25H32ClN5O5/c1-25(2,3)36-24(34)28-18(22(33)30(4)5)7-6-13-31(20-10-12-27-23(26)29-20)21(32)17-8-9-19-16(15-17)11-14-35-19/h8-10,12,15,18H,6-7,11,13-14H2,1-5H3,(H,28,34). The van der Waals surface area contributed by atoms with Crippen LogP contribution < -0.4 is 15.0 Å².